The van der Waals surface area contributed by atoms with Gasteiger partial charge in [-0.05, 0) is 36.8 Å². The highest BCUT2D eigenvalue weighted by atomic mass is 16.3. The van der Waals surface area contributed by atoms with Gasteiger partial charge in [-0.3, -0.25) is 14.5 Å². The zero-order valence-corrected chi connectivity index (χ0v) is 18.3. The van der Waals surface area contributed by atoms with Gasteiger partial charge in [0.05, 0.1) is 25.3 Å². The number of nitrogens with zero attached hydrogens (tertiary/aromatic N) is 3. The molecule has 0 saturated heterocycles. The number of carbonyl (C=O) groups is 2. The maximum absolute atomic E-state index is 12.7. The van der Waals surface area contributed by atoms with Gasteiger partial charge in [-0.2, -0.15) is 5.10 Å². The average molecular weight is 441 g/mol. The lowest BCUT2D eigenvalue weighted by Gasteiger charge is -2.27. The topological polar surface area (TPSA) is 80.4 Å². The number of benzene rings is 2. The molecule has 1 aliphatic heterocycles. The van der Waals surface area contributed by atoms with Crippen LogP contribution in [-0.4, -0.2) is 21.6 Å². The summed E-state index contributed by atoms with van der Waals surface area (Å²) in [6, 6.07) is 22.9. The molecule has 0 saturated carbocycles. The first-order valence-electron chi connectivity index (χ1n) is 10.9. The van der Waals surface area contributed by atoms with E-state index < -0.39 is 0 Å². The zero-order chi connectivity index (χ0) is 22.8. The van der Waals surface area contributed by atoms with Crippen LogP contribution >= 0.6 is 0 Å². The quantitative estimate of drug-likeness (QED) is 0.484. The third-order valence-corrected chi connectivity index (χ3v) is 5.72. The Labute approximate surface area is 191 Å². The minimum atomic E-state index is -0.171. The molecule has 0 bridgehead atoms. The maximum Gasteiger partial charge on any atom is 0.251 e. The van der Waals surface area contributed by atoms with Crippen LogP contribution in [-0.2, 0) is 24.4 Å². The Morgan fingerprint density at radius 1 is 1.06 bits per heavy atom. The predicted octanol–water partition coefficient (Wildman–Crippen LogP) is 4.32. The van der Waals surface area contributed by atoms with Gasteiger partial charge in [0.25, 0.3) is 5.91 Å². The smallest absolute Gasteiger partial charge is 0.251 e. The Kier molecular flexibility index (Phi) is 5.52. The van der Waals surface area contributed by atoms with Crippen molar-refractivity contribution in [2.45, 2.75) is 33.0 Å². The van der Waals surface area contributed by atoms with Crippen molar-refractivity contribution < 1.29 is 14.0 Å². The Morgan fingerprint density at radius 3 is 2.58 bits per heavy atom. The standard InChI is InChI=1S/C26H24N4O3/c1-18-7-12-22(33-18)16-27-26(32)21-10-8-19(9-11-21)17-29-24-15-23(20-5-3-2-4-6-20)28-30(24)14-13-25(29)31/h2-12,15H,13-14,16-17H2,1H3,(H,27,32). The van der Waals surface area contributed by atoms with E-state index in [1.54, 1.807) is 17.0 Å². The fraction of sp³-hybridized carbons (Fsp3) is 0.192. The number of furan rings is 1. The van der Waals surface area contributed by atoms with Crippen LogP contribution in [0.2, 0.25) is 0 Å². The number of hydrogen-bond acceptors (Lipinski definition) is 4. The molecule has 2 aromatic carbocycles. The molecule has 1 aliphatic rings. The number of hydrogen-bond donors (Lipinski definition) is 1. The Bertz CT molecular complexity index is 1290. The molecule has 1 N–H and O–H groups in total. The van der Waals surface area contributed by atoms with Crippen molar-refractivity contribution in [3.8, 4) is 11.3 Å². The van der Waals surface area contributed by atoms with E-state index in [2.05, 4.69) is 5.32 Å². The van der Waals surface area contributed by atoms with E-state index in [0.717, 1.165) is 28.4 Å². The third kappa shape index (κ3) is 4.43. The second-order valence-electron chi connectivity index (χ2n) is 8.10. The molecule has 166 valence electrons. The number of fused-ring (bicyclic) bond motifs is 1. The van der Waals surface area contributed by atoms with E-state index >= 15 is 0 Å². The number of aromatic nitrogens is 2. The van der Waals surface area contributed by atoms with Crippen LogP contribution in [0, 0.1) is 6.92 Å². The van der Waals surface area contributed by atoms with Gasteiger partial charge in [0.15, 0.2) is 0 Å². The number of rotatable bonds is 6. The van der Waals surface area contributed by atoms with Crippen molar-refractivity contribution in [2.75, 3.05) is 4.90 Å². The van der Waals surface area contributed by atoms with Crippen molar-refractivity contribution in [1.29, 1.82) is 0 Å². The number of aryl methyl sites for hydroxylation is 2. The Balaban J connectivity index is 1.29. The second kappa shape index (κ2) is 8.78. The van der Waals surface area contributed by atoms with Crippen LogP contribution in [0.3, 0.4) is 0 Å². The van der Waals surface area contributed by atoms with Crippen LogP contribution in [0.4, 0.5) is 5.82 Å². The minimum Gasteiger partial charge on any atom is -0.465 e. The van der Waals surface area contributed by atoms with Crippen molar-refractivity contribution in [1.82, 2.24) is 15.1 Å². The fourth-order valence-electron chi connectivity index (χ4n) is 3.97. The monoisotopic (exact) mass is 440 g/mol. The summed E-state index contributed by atoms with van der Waals surface area (Å²) in [6.45, 7) is 3.20. The number of carbonyl (C=O) groups excluding carboxylic acids is 2. The van der Waals surface area contributed by atoms with E-state index in [-0.39, 0.29) is 11.8 Å². The molecule has 0 radical (unpaired) electrons. The predicted molar refractivity (Wildman–Crippen MR) is 125 cm³/mol. The third-order valence-electron chi connectivity index (χ3n) is 5.72. The molecule has 2 aromatic heterocycles. The summed E-state index contributed by atoms with van der Waals surface area (Å²) in [5, 5.41) is 7.55. The van der Waals surface area contributed by atoms with E-state index in [0.29, 0.717) is 37.4 Å². The van der Waals surface area contributed by atoms with Gasteiger partial charge in [-0.1, -0.05) is 42.5 Å². The lowest BCUT2D eigenvalue weighted by molar-refractivity contribution is -0.119. The summed E-state index contributed by atoms with van der Waals surface area (Å²) >= 11 is 0. The number of nitrogens with one attached hydrogen (secondary N) is 1. The molecule has 3 heterocycles. The molecule has 5 rings (SSSR count). The first kappa shape index (κ1) is 20.8. The number of amides is 2. The molecule has 33 heavy (non-hydrogen) atoms. The molecule has 0 aliphatic carbocycles. The molecule has 7 heteroatoms. The lowest BCUT2D eigenvalue weighted by atomic mass is 10.1. The molecule has 0 atom stereocenters. The molecule has 2 amide bonds. The zero-order valence-electron chi connectivity index (χ0n) is 18.3. The molecule has 4 aromatic rings. The first-order valence-corrected chi connectivity index (χ1v) is 10.9. The second-order valence-corrected chi connectivity index (χ2v) is 8.10. The largest absolute Gasteiger partial charge is 0.465 e. The van der Waals surface area contributed by atoms with Gasteiger partial charge < -0.3 is 9.73 Å². The van der Waals surface area contributed by atoms with Gasteiger partial charge in [-0.15, -0.1) is 0 Å². The summed E-state index contributed by atoms with van der Waals surface area (Å²) in [6.07, 6.45) is 0.412. The summed E-state index contributed by atoms with van der Waals surface area (Å²) < 4.78 is 7.37. The van der Waals surface area contributed by atoms with Gasteiger partial charge in [-0.25, -0.2) is 4.68 Å². The van der Waals surface area contributed by atoms with Gasteiger partial charge in [0.2, 0.25) is 5.91 Å². The number of anilines is 1. The fourth-order valence-corrected chi connectivity index (χ4v) is 3.97. The summed E-state index contributed by atoms with van der Waals surface area (Å²) in [5.41, 5.74) is 3.37. The van der Waals surface area contributed by atoms with E-state index in [9.17, 15) is 9.59 Å². The van der Waals surface area contributed by atoms with E-state index in [1.165, 1.54) is 0 Å². The summed E-state index contributed by atoms with van der Waals surface area (Å²) in [7, 11) is 0. The highest BCUT2D eigenvalue weighted by molar-refractivity contribution is 5.95. The van der Waals surface area contributed by atoms with Crippen LogP contribution in [0.15, 0.2) is 77.2 Å². The minimum absolute atomic E-state index is 0.0672. The molecular formula is C26H24N4O3. The van der Waals surface area contributed by atoms with Crippen LogP contribution in [0.5, 0.6) is 0 Å². The maximum atomic E-state index is 12.7. The van der Waals surface area contributed by atoms with Crippen molar-refractivity contribution in [2.24, 2.45) is 0 Å². The normalized spacial score (nSPS) is 13.1. The summed E-state index contributed by atoms with van der Waals surface area (Å²) in [4.78, 5) is 26.9. The van der Waals surface area contributed by atoms with Crippen molar-refractivity contribution in [3.63, 3.8) is 0 Å². The molecule has 0 spiro atoms. The Hall–Kier alpha value is -4.13. The van der Waals surface area contributed by atoms with Crippen LogP contribution in [0.25, 0.3) is 11.3 Å². The van der Waals surface area contributed by atoms with Crippen LogP contribution < -0.4 is 10.2 Å². The van der Waals surface area contributed by atoms with Crippen molar-refractivity contribution >= 4 is 17.6 Å². The van der Waals surface area contributed by atoms with Gasteiger partial charge in [0, 0.05) is 23.6 Å². The first-order chi connectivity index (χ1) is 16.1. The Morgan fingerprint density at radius 2 is 1.85 bits per heavy atom. The highest BCUT2D eigenvalue weighted by Gasteiger charge is 2.26. The molecule has 0 unspecified atom stereocenters. The SMILES string of the molecule is Cc1ccc(CNC(=O)c2ccc(CN3C(=O)CCn4nc(-c5ccccc5)cc43)cc2)o1. The highest BCUT2D eigenvalue weighted by Crippen LogP contribution is 2.29. The molecule has 0 fully saturated rings. The van der Waals surface area contributed by atoms with Gasteiger partial charge >= 0.3 is 0 Å². The lowest BCUT2D eigenvalue weighted by Crippen LogP contribution is -2.36. The molecular weight excluding hydrogens is 416 g/mol. The van der Waals surface area contributed by atoms with Gasteiger partial charge in [0.1, 0.15) is 17.3 Å². The average Bonchev–Trinajstić information content (AvgIpc) is 3.46. The van der Waals surface area contributed by atoms with Crippen LogP contribution in [0.1, 0.15) is 33.9 Å². The van der Waals surface area contributed by atoms with E-state index in [1.807, 2.05) is 72.3 Å². The van der Waals surface area contributed by atoms with Crippen molar-refractivity contribution in [3.05, 3.63) is 95.4 Å². The molecule has 7 nitrogen and oxygen atoms in total. The summed E-state index contributed by atoms with van der Waals surface area (Å²) in [5.74, 6) is 2.22. The van der Waals surface area contributed by atoms with E-state index in [4.69, 9.17) is 9.52 Å².